The molecule has 3 nitrogen and oxygen atoms in total. The maximum absolute atomic E-state index is 12.5. The second-order valence-corrected chi connectivity index (χ2v) is 9.51. The second kappa shape index (κ2) is 6.14. The first kappa shape index (κ1) is 17.6. The minimum absolute atomic E-state index is 0.0254. The Balaban J connectivity index is 1.56. The molecule has 0 N–H and O–H groups in total. The van der Waals surface area contributed by atoms with Gasteiger partial charge in [-0.15, -0.1) is 0 Å². The molecule has 0 bridgehead atoms. The third kappa shape index (κ3) is 2.62. The van der Waals surface area contributed by atoms with E-state index in [0.29, 0.717) is 23.5 Å². The van der Waals surface area contributed by atoms with Gasteiger partial charge in [0.25, 0.3) is 0 Å². The number of hydrogen-bond acceptors (Lipinski definition) is 4. The molecular weight excluding hydrogens is 332 g/mol. The Labute approximate surface area is 156 Å². The molecular formula is C21H30O3S. The zero-order chi connectivity index (χ0) is 17.8. The summed E-state index contributed by atoms with van der Waals surface area (Å²) in [6.07, 6.45) is 10.7. The van der Waals surface area contributed by atoms with Crippen molar-refractivity contribution in [2.45, 2.75) is 71.3 Å². The summed E-state index contributed by atoms with van der Waals surface area (Å²) in [6.45, 7) is 4.67. The van der Waals surface area contributed by atoms with Gasteiger partial charge in [-0.05, 0) is 61.7 Å². The van der Waals surface area contributed by atoms with Gasteiger partial charge >= 0.3 is 5.97 Å². The van der Waals surface area contributed by atoms with Crippen LogP contribution >= 0.6 is 12.6 Å². The second-order valence-electron chi connectivity index (χ2n) is 9.19. The van der Waals surface area contributed by atoms with E-state index in [1.807, 2.05) is 0 Å². The number of rotatable bonds is 2. The highest BCUT2D eigenvalue weighted by Gasteiger charge is 2.58. The molecule has 0 amide bonds. The number of ketones is 1. The van der Waals surface area contributed by atoms with Crippen molar-refractivity contribution in [3.05, 3.63) is 11.6 Å². The Morgan fingerprint density at radius 1 is 1.20 bits per heavy atom. The maximum Gasteiger partial charge on any atom is 0.315 e. The number of ether oxygens (including phenoxy) is 1. The Hall–Kier alpha value is -0.770. The lowest BCUT2D eigenvalue weighted by molar-refractivity contribution is -0.148. The van der Waals surface area contributed by atoms with E-state index < -0.39 is 0 Å². The van der Waals surface area contributed by atoms with Gasteiger partial charge < -0.3 is 4.74 Å². The van der Waals surface area contributed by atoms with E-state index in [4.69, 9.17) is 4.74 Å². The van der Waals surface area contributed by atoms with Crippen molar-refractivity contribution in [2.75, 3.05) is 5.75 Å². The zero-order valence-electron chi connectivity index (χ0n) is 15.4. The third-order valence-electron chi connectivity index (χ3n) is 8.19. The summed E-state index contributed by atoms with van der Waals surface area (Å²) in [7, 11) is 0. The summed E-state index contributed by atoms with van der Waals surface area (Å²) in [5, 5.41) is 0. The van der Waals surface area contributed by atoms with Crippen LogP contribution in [0.1, 0.15) is 65.2 Å². The van der Waals surface area contributed by atoms with E-state index in [-0.39, 0.29) is 28.7 Å². The molecule has 0 aromatic carbocycles. The molecule has 3 fully saturated rings. The number of esters is 1. The lowest BCUT2D eigenvalue weighted by Gasteiger charge is -2.56. The molecule has 0 radical (unpaired) electrons. The van der Waals surface area contributed by atoms with Gasteiger partial charge in [0.1, 0.15) is 11.9 Å². The molecule has 0 aromatic heterocycles. The summed E-state index contributed by atoms with van der Waals surface area (Å²) in [4.78, 5) is 24.1. The van der Waals surface area contributed by atoms with Crippen LogP contribution in [-0.2, 0) is 14.3 Å². The summed E-state index contributed by atoms with van der Waals surface area (Å²) in [6, 6.07) is 0. The first-order valence-electron chi connectivity index (χ1n) is 9.91. The molecule has 0 aliphatic heterocycles. The summed E-state index contributed by atoms with van der Waals surface area (Å²) >= 11 is 4.02. The average molecular weight is 363 g/mol. The van der Waals surface area contributed by atoms with Crippen LogP contribution in [0, 0.1) is 28.6 Å². The van der Waals surface area contributed by atoms with Crippen LogP contribution in [0.4, 0.5) is 0 Å². The van der Waals surface area contributed by atoms with Crippen molar-refractivity contribution in [1.82, 2.24) is 0 Å². The molecule has 3 saturated carbocycles. The Morgan fingerprint density at radius 2 is 1.92 bits per heavy atom. The zero-order valence-corrected chi connectivity index (χ0v) is 16.3. The van der Waals surface area contributed by atoms with E-state index in [2.05, 4.69) is 32.6 Å². The van der Waals surface area contributed by atoms with Crippen molar-refractivity contribution in [1.29, 1.82) is 0 Å². The van der Waals surface area contributed by atoms with Gasteiger partial charge in [-0.2, -0.15) is 12.6 Å². The third-order valence-corrected chi connectivity index (χ3v) is 8.45. The minimum atomic E-state index is -0.205. The first-order valence-corrected chi connectivity index (χ1v) is 10.5. The van der Waals surface area contributed by atoms with Crippen molar-refractivity contribution >= 4 is 24.4 Å². The van der Waals surface area contributed by atoms with Crippen LogP contribution in [0.15, 0.2) is 11.6 Å². The molecule has 0 saturated heterocycles. The van der Waals surface area contributed by atoms with Crippen LogP contribution in [0.25, 0.3) is 0 Å². The number of thiol groups is 1. The SMILES string of the molecule is C[C@]12CC[C@@H](OC(=O)CS)CC1=CCC1C2CC[C@]2(C)C(=O)CCC12. The number of allylic oxidation sites excluding steroid dienone is 1. The Kier molecular flexibility index (Phi) is 4.33. The van der Waals surface area contributed by atoms with E-state index in [1.54, 1.807) is 0 Å². The minimum Gasteiger partial charge on any atom is -0.461 e. The molecule has 6 atom stereocenters. The highest BCUT2D eigenvalue weighted by Crippen LogP contribution is 2.64. The van der Waals surface area contributed by atoms with Crippen LogP contribution in [-0.4, -0.2) is 23.6 Å². The largest absolute Gasteiger partial charge is 0.461 e. The fourth-order valence-electron chi connectivity index (χ4n) is 6.72. The molecule has 4 aliphatic rings. The number of carbonyl (C=O) groups is 2. The van der Waals surface area contributed by atoms with Crippen LogP contribution in [0.2, 0.25) is 0 Å². The van der Waals surface area contributed by atoms with Gasteiger partial charge in [0.05, 0.1) is 5.75 Å². The smallest absolute Gasteiger partial charge is 0.315 e. The molecule has 138 valence electrons. The van der Waals surface area contributed by atoms with E-state index in [0.717, 1.165) is 44.9 Å². The highest BCUT2D eigenvalue weighted by atomic mass is 32.1. The molecule has 0 heterocycles. The molecule has 4 heteroatoms. The fraction of sp³-hybridized carbons (Fsp3) is 0.810. The first-order chi connectivity index (χ1) is 11.9. The predicted molar refractivity (Wildman–Crippen MR) is 100 cm³/mol. The highest BCUT2D eigenvalue weighted by molar-refractivity contribution is 7.81. The van der Waals surface area contributed by atoms with E-state index in [9.17, 15) is 9.59 Å². The van der Waals surface area contributed by atoms with Gasteiger partial charge in [-0.3, -0.25) is 9.59 Å². The van der Waals surface area contributed by atoms with Gasteiger partial charge in [0, 0.05) is 18.3 Å². The molecule has 4 rings (SSSR count). The molecule has 0 spiro atoms. The predicted octanol–water partition coefficient (Wildman–Crippen LogP) is 4.36. The van der Waals surface area contributed by atoms with E-state index in [1.165, 1.54) is 12.0 Å². The fourth-order valence-corrected chi connectivity index (χ4v) is 6.80. The molecule has 3 unspecified atom stereocenters. The van der Waals surface area contributed by atoms with Crippen LogP contribution in [0.5, 0.6) is 0 Å². The number of carbonyl (C=O) groups excluding carboxylic acids is 2. The Bertz CT molecular complexity index is 627. The van der Waals surface area contributed by atoms with E-state index >= 15 is 0 Å². The summed E-state index contributed by atoms with van der Waals surface area (Å²) < 4.78 is 5.57. The van der Waals surface area contributed by atoms with Gasteiger partial charge in [-0.25, -0.2) is 0 Å². The lowest BCUT2D eigenvalue weighted by Crippen LogP contribution is -2.50. The summed E-state index contributed by atoms with van der Waals surface area (Å²) in [5.74, 6) is 2.40. The normalized spacial score (nSPS) is 45.9. The van der Waals surface area contributed by atoms with Gasteiger partial charge in [-0.1, -0.05) is 25.5 Å². The average Bonchev–Trinajstić information content (AvgIpc) is 2.90. The van der Waals surface area contributed by atoms with Crippen LogP contribution in [0.3, 0.4) is 0 Å². The number of Topliss-reactive ketones (excluding diaryl/α,β-unsaturated/α-hetero) is 1. The lowest BCUT2D eigenvalue weighted by atomic mass is 9.48. The topological polar surface area (TPSA) is 43.4 Å². The van der Waals surface area contributed by atoms with Gasteiger partial charge in [0.2, 0.25) is 0 Å². The summed E-state index contributed by atoms with van der Waals surface area (Å²) in [5.41, 5.74) is 1.69. The monoisotopic (exact) mass is 362 g/mol. The van der Waals surface area contributed by atoms with Crippen molar-refractivity contribution < 1.29 is 14.3 Å². The number of fused-ring (bicyclic) bond motifs is 5. The standard InChI is InChI=1S/C21H30O3S/c1-20-9-7-14(24-19(23)12-25)11-13(20)3-4-15-16-5-6-18(22)21(16,2)10-8-17(15)20/h3,14-17,25H,4-12H2,1-2H3/t14-,15?,16?,17?,20+,21+/m1/s1. The van der Waals surface area contributed by atoms with Crippen molar-refractivity contribution in [2.24, 2.45) is 28.6 Å². The number of hydrogen-bond donors (Lipinski definition) is 1. The van der Waals surface area contributed by atoms with Crippen molar-refractivity contribution in [3.63, 3.8) is 0 Å². The maximum atomic E-state index is 12.5. The van der Waals surface area contributed by atoms with Gasteiger partial charge in [0.15, 0.2) is 0 Å². The molecule has 0 aromatic rings. The molecule has 25 heavy (non-hydrogen) atoms. The molecule has 4 aliphatic carbocycles. The van der Waals surface area contributed by atoms with Crippen molar-refractivity contribution in [3.8, 4) is 0 Å². The quantitative estimate of drug-likeness (QED) is 0.451. The van der Waals surface area contributed by atoms with Crippen LogP contribution < -0.4 is 0 Å². The Morgan fingerprint density at radius 3 is 2.68 bits per heavy atom.